The van der Waals surface area contributed by atoms with Gasteiger partial charge in [-0.3, -0.25) is 4.90 Å². The molecule has 5 nitrogen and oxygen atoms in total. The Morgan fingerprint density at radius 3 is 2.37 bits per heavy atom. The number of nitrogens with one attached hydrogen (secondary N) is 1. The first-order valence-electron chi connectivity index (χ1n) is 10.7. The number of halogens is 1. The molecule has 0 spiro atoms. The number of benzene rings is 2. The van der Waals surface area contributed by atoms with Crippen molar-refractivity contribution in [1.82, 2.24) is 4.90 Å². The number of piperidine rings is 1. The number of anilines is 1. The van der Waals surface area contributed by atoms with Gasteiger partial charge in [0.2, 0.25) is 0 Å². The number of rotatable bonds is 8. The zero-order valence-corrected chi connectivity index (χ0v) is 19.6. The van der Waals surface area contributed by atoms with Crippen LogP contribution in [0.5, 0.6) is 17.2 Å². The van der Waals surface area contributed by atoms with Crippen molar-refractivity contribution in [2.75, 3.05) is 46.3 Å². The first kappa shape index (κ1) is 24.2. The Kier molecular flexibility index (Phi) is 10.1. The SMILES string of the molecule is CC.COc1cc(NCCN2CCCCC2c2ccc(OC)c(OC)c2)ccc1Cl. The highest BCUT2D eigenvalue weighted by molar-refractivity contribution is 6.32. The number of hydrogen-bond donors (Lipinski definition) is 1. The minimum Gasteiger partial charge on any atom is -0.495 e. The van der Waals surface area contributed by atoms with Crippen LogP contribution in [0.3, 0.4) is 0 Å². The van der Waals surface area contributed by atoms with E-state index in [1.54, 1.807) is 21.3 Å². The summed E-state index contributed by atoms with van der Waals surface area (Å²) in [7, 11) is 4.99. The Morgan fingerprint density at radius 1 is 0.933 bits per heavy atom. The van der Waals surface area contributed by atoms with E-state index in [0.717, 1.165) is 43.2 Å². The number of methoxy groups -OCH3 is 3. The van der Waals surface area contributed by atoms with E-state index < -0.39 is 0 Å². The lowest BCUT2D eigenvalue weighted by Gasteiger charge is -2.36. The fourth-order valence-corrected chi connectivity index (χ4v) is 4.00. The van der Waals surface area contributed by atoms with Crippen molar-refractivity contribution in [2.45, 2.75) is 39.2 Å². The van der Waals surface area contributed by atoms with Crippen LogP contribution in [0, 0.1) is 0 Å². The highest BCUT2D eigenvalue weighted by Crippen LogP contribution is 2.36. The van der Waals surface area contributed by atoms with Crippen molar-refractivity contribution in [3.8, 4) is 17.2 Å². The van der Waals surface area contributed by atoms with Gasteiger partial charge in [-0.25, -0.2) is 0 Å². The predicted molar refractivity (Wildman–Crippen MR) is 126 cm³/mol. The summed E-state index contributed by atoms with van der Waals surface area (Å²) in [5.74, 6) is 2.25. The monoisotopic (exact) mass is 434 g/mol. The molecule has 0 aromatic heterocycles. The molecule has 1 aliphatic rings. The molecule has 2 aromatic rings. The van der Waals surface area contributed by atoms with Crippen LogP contribution in [-0.4, -0.2) is 45.9 Å². The van der Waals surface area contributed by atoms with Crippen LogP contribution >= 0.6 is 11.6 Å². The Bertz CT molecular complexity index is 785. The number of nitrogens with zero attached hydrogens (tertiary/aromatic N) is 1. The molecule has 0 amide bonds. The maximum atomic E-state index is 6.11. The molecule has 30 heavy (non-hydrogen) atoms. The third kappa shape index (κ3) is 6.19. The maximum Gasteiger partial charge on any atom is 0.161 e. The molecule has 0 radical (unpaired) electrons. The largest absolute Gasteiger partial charge is 0.495 e. The fourth-order valence-electron chi connectivity index (χ4n) is 3.81. The molecule has 6 heteroatoms. The van der Waals surface area contributed by atoms with E-state index in [9.17, 15) is 0 Å². The quantitative estimate of drug-likeness (QED) is 0.549. The summed E-state index contributed by atoms with van der Waals surface area (Å²) >= 11 is 6.11. The second-order valence-corrected chi connectivity index (χ2v) is 7.35. The summed E-state index contributed by atoms with van der Waals surface area (Å²) in [6.07, 6.45) is 3.64. The molecule has 1 heterocycles. The summed E-state index contributed by atoms with van der Waals surface area (Å²) < 4.78 is 16.2. The molecule has 166 valence electrons. The highest BCUT2D eigenvalue weighted by atomic mass is 35.5. The second-order valence-electron chi connectivity index (χ2n) is 6.94. The number of ether oxygens (including phenoxy) is 3. The Morgan fingerprint density at radius 2 is 1.67 bits per heavy atom. The molecule has 3 rings (SSSR count). The van der Waals surface area contributed by atoms with Crippen molar-refractivity contribution in [1.29, 1.82) is 0 Å². The lowest BCUT2D eigenvalue weighted by molar-refractivity contribution is 0.154. The van der Waals surface area contributed by atoms with Crippen molar-refractivity contribution in [3.63, 3.8) is 0 Å². The zero-order chi connectivity index (χ0) is 21.9. The van der Waals surface area contributed by atoms with Gasteiger partial charge < -0.3 is 19.5 Å². The van der Waals surface area contributed by atoms with Gasteiger partial charge in [0, 0.05) is 30.9 Å². The van der Waals surface area contributed by atoms with Crippen molar-refractivity contribution in [2.24, 2.45) is 0 Å². The lowest BCUT2D eigenvalue weighted by Crippen LogP contribution is -2.36. The van der Waals surface area contributed by atoms with Gasteiger partial charge in [-0.05, 0) is 49.2 Å². The third-order valence-corrected chi connectivity index (χ3v) is 5.60. The van der Waals surface area contributed by atoms with E-state index in [2.05, 4.69) is 22.3 Å². The molecule has 1 fully saturated rings. The molecular formula is C24H35ClN2O3. The summed E-state index contributed by atoms with van der Waals surface area (Å²) in [6.45, 7) is 6.92. The van der Waals surface area contributed by atoms with E-state index in [1.807, 2.05) is 38.1 Å². The topological polar surface area (TPSA) is 43.0 Å². The number of likely N-dealkylation sites (tertiary alicyclic amines) is 1. The molecule has 1 aliphatic heterocycles. The third-order valence-electron chi connectivity index (χ3n) is 5.29. The van der Waals surface area contributed by atoms with Crippen LogP contribution in [0.1, 0.15) is 44.7 Å². The minimum absolute atomic E-state index is 0.398. The summed E-state index contributed by atoms with van der Waals surface area (Å²) in [5.41, 5.74) is 2.30. The van der Waals surface area contributed by atoms with Gasteiger partial charge >= 0.3 is 0 Å². The predicted octanol–water partition coefficient (Wildman–Crippen LogP) is 6.03. The molecule has 1 unspecified atom stereocenters. The molecule has 0 bridgehead atoms. The van der Waals surface area contributed by atoms with Gasteiger partial charge in [-0.1, -0.05) is 37.9 Å². The highest BCUT2D eigenvalue weighted by Gasteiger charge is 2.24. The summed E-state index contributed by atoms with van der Waals surface area (Å²) in [4.78, 5) is 2.55. The maximum absolute atomic E-state index is 6.11. The fraction of sp³-hybridized carbons (Fsp3) is 0.500. The molecule has 1 atom stereocenters. The van der Waals surface area contributed by atoms with Crippen molar-refractivity contribution in [3.05, 3.63) is 47.0 Å². The van der Waals surface area contributed by atoms with Gasteiger partial charge in [0.25, 0.3) is 0 Å². The second kappa shape index (κ2) is 12.6. The van der Waals surface area contributed by atoms with Crippen LogP contribution in [0.2, 0.25) is 5.02 Å². The van der Waals surface area contributed by atoms with E-state index >= 15 is 0 Å². The van der Waals surface area contributed by atoms with Crippen LogP contribution in [0.4, 0.5) is 5.69 Å². The minimum atomic E-state index is 0.398. The first-order valence-corrected chi connectivity index (χ1v) is 11.1. The first-order chi connectivity index (χ1) is 14.7. The molecule has 1 saturated heterocycles. The average molecular weight is 435 g/mol. The van der Waals surface area contributed by atoms with Gasteiger partial charge in [0.1, 0.15) is 5.75 Å². The normalized spacial score (nSPS) is 16.3. The molecular weight excluding hydrogens is 400 g/mol. The van der Waals surface area contributed by atoms with Crippen LogP contribution < -0.4 is 19.5 Å². The van der Waals surface area contributed by atoms with E-state index in [-0.39, 0.29) is 0 Å². The Balaban J connectivity index is 0.00000155. The van der Waals surface area contributed by atoms with E-state index in [1.165, 1.54) is 18.4 Å². The smallest absolute Gasteiger partial charge is 0.161 e. The van der Waals surface area contributed by atoms with E-state index in [0.29, 0.717) is 16.8 Å². The van der Waals surface area contributed by atoms with Crippen molar-refractivity contribution < 1.29 is 14.2 Å². The van der Waals surface area contributed by atoms with Gasteiger partial charge in [0.05, 0.1) is 26.4 Å². The van der Waals surface area contributed by atoms with Crippen molar-refractivity contribution >= 4 is 17.3 Å². The number of hydrogen-bond acceptors (Lipinski definition) is 5. The lowest BCUT2D eigenvalue weighted by atomic mass is 9.95. The zero-order valence-electron chi connectivity index (χ0n) is 18.8. The molecule has 0 aliphatic carbocycles. The standard InChI is InChI=1S/C22H29ClN2O3.C2H6/c1-26-20-10-7-16(14-22(20)28-3)19-6-4-5-12-25(19)13-11-24-17-8-9-18(23)21(15-17)27-2;1-2/h7-10,14-15,19,24H,4-6,11-13H2,1-3H3;1-2H3. The van der Waals surface area contributed by atoms with Gasteiger partial charge in [0.15, 0.2) is 11.5 Å². The molecule has 0 saturated carbocycles. The Hall–Kier alpha value is -2.11. The van der Waals surface area contributed by atoms with E-state index in [4.69, 9.17) is 25.8 Å². The summed E-state index contributed by atoms with van der Waals surface area (Å²) in [6, 6.07) is 12.4. The van der Waals surface area contributed by atoms with Gasteiger partial charge in [-0.15, -0.1) is 0 Å². The molecule has 2 aromatic carbocycles. The van der Waals surface area contributed by atoms with Gasteiger partial charge in [-0.2, -0.15) is 0 Å². The summed E-state index contributed by atoms with van der Waals surface area (Å²) in [5, 5.41) is 4.10. The molecule has 1 N–H and O–H groups in total. The van der Waals surface area contributed by atoms with Crippen LogP contribution in [0.15, 0.2) is 36.4 Å². The van der Waals surface area contributed by atoms with Crippen LogP contribution in [0.25, 0.3) is 0 Å². The van der Waals surface area contributed by atoms with Crippen LogP contribution in [-0.2, 0) is 0 Å². The Labute approximate surface area is 186 Å². The average Bonchev–Trinajstić information content (AvgIpc) is 2.81.